The Morgan fingerprint density at radius 1 is 1.27 bits per heavy atom. The van der Waals surface area contributed by atoms with Gasteiger partial charge in [-0.05, 0) is 49.2 Å². The maximum atomic E-state index is 12.0. The molecule has 0 radical (unpaired) electrons. The van der Waals surface area contributed by atoms with Crippen molar-refractivity contribution in [2.24, 2.45) is 0 Å². The zero-order valence-corrected chi connectivity index (χ0v) is 14.7. The second-order valence-corrected chi connectivity index (χ2v) is 6.39. The van der Waals surface area contributed by atoms with Crippen LogP contribution in [0.3, 0.4) is 0 Å². The van der Waals surface area contributed by atoms with Crippen molar-refractivity contribution < 1.29 is 9.53 Å². The van der Waals surface area contributed by atoms with E-state index in [4.69, 9.17) is 16.3 Å². The molecule has 1 amide bonds. The smallest absolute Gasteiger partial charge is 0.258 e. The van der Waals surface area contributed by atoms with E-state index in [1.54, 1.807) is 6.07 Å². The average molecular weight is 383 g/mol. The fourth-order valence-electron chi connectivity index (χ4n) is 1.98. The zero-order valence-electron chi connectivity index (χ0n) is 12.4. The number of ether oxygens (including phenoxy) is 1. The molecule has 1 N–H and O–H groups in total. The van der Waals surface area contributed by atoms with Crippen LogP contribution in [0.5, 0.6) is 5.75 Å². The molecule has 116 valence electrons. The molecule has 0 aliphatic carbocycles. The molecule has 2 aromatic carbocycles. The van der Waals surface area contributed by atoms with Crippen molar-refractivity contribution >= 4 is 33.4 Å². The number of hydrogen-bond donors (Lipinski definition) is 1. The van der Waals surface area contributed by atoms with Crippen LogP contribution in [0.2, 0.25) is 5.02 Å². The van der Waals surface area contributed by atoms with Crippen molar-refractivity contribution in [3.8, 4) is 5.75 Å². The monoisotopic (exact) mass is 381 g/mol. The molecule has 0 saturated carbocycles. The Morgan fingerprint density at radius 3 is 2.64 bits per heavy atom. The molecule has 0 spiro atoms. The highest BCUT2D eigenvalue weighted by Crippen LogP contribution is 2.25. The van der Waals surface area contributed by atoms with Crippen LogP contribution >= 0.6 is 27.5 Å². The van der Waals surface area contributed by atoms with Crippen molar-refractivity contribution in [1.29, 1.82) is 0 Å². The Morgan fingerprint density at radius 2 is 1.95 bits per heavy atom. The first kappa shape index (κ1) is 16.8. The highest BCUT2D eigenvalue weighted by atomic mass is 79.9. The largest absolute Gasteiger partial charge is 0.482 e. The molecule has 0 fully saturated rings. The fraction of sp³-hybridized carbons (Fsp3) is 0.235. The molecule has 0 bridgehead atoms. The highest BCUT2D eigenvalue weighted by molar-refractivity contribution is 9.10. The van der Waals surface area contributed by atoms with E-state index in [1.807, 2.05) is 50.2 Å². The molecule has 0 saturated heterocycles. The second kappa shape index (κ2) is 7.65. The summed E-state index contributed by atoms with van der Waals surface area (Å²) in [4.78, 5) is 12.0. The average Bonchev–Trinajstić information content (AvgIpc) is 2.49. The molecule has 22 heavy (non-hydrogen) atoms. The number of nitrogens with one attached hydrogen (secondary N) is 1. The first-order valence-corrected chi connectivity index (χ1v) is 8.06. The third kappa shape index (κ3) is 4.75. The summed E-state index contributed by atoms with van der Waals surface area (Å²) in [7, 11) is 0. The van der Waals surface area contributed by atoms with E-state index in [2.05, 4.69) is 21.2 Å². The Kier molecular flexibility index (Phi) is 5.86. The first-order chi connectivity index (χ1) is 10.5. The number of benzene rings is 2. The van der Waals surface area contributed by atoms with E-state index in [0.29, 0.717) is 10.8 Å². The molecular weight excluding hydrogens is 366 g/mol. The van der Waals surface area contributed by atoms with Gasteiger partial charge in [0, 0.05) is 4.47 Å². The van der Waals surface area contributed by atoms with Gasteiger partial charge in [-0.15, -0.1) is 0 Å². The van der Waals surface area contributed by atoms with Crippen LogP contribution in [0, 0.1) is 6.92 Å². The zero-order chi connectivity index (χ0) is 16.1. The quantitative estimate of drug-likeness (QED) is 0.816. The summed E-state index contributed by atoms with van der Waals surface area (Å²) in [6, 6.07) is 13.2. The summed E-state index contributed by atoms with van der Waals surface area (Å²) in [5.41, 5.74) is 2.06. The third-order valence-electron chi connectivity index (χ3n) is 3.19. The Bertz CT molecular complexity index is 658. The predicted molar refractivity (Wildman–Crippen MR) is 92.4 cm³/mol. The van der Waals surface area contributed by atoms with Gasteiger partial charge in [0.15, 0.2) is 6.61 Å². The topological polar surface area (TPSA) is 38.3 Å². The molecule has 1 atom stereocenters. The van der Waals surface area contributed by atoms with Crippen LogP contribution < -0.4 is 10.1 Å². The van der Waals surface area contributed by atoms with E-state index in [9.17, 15) is 4.79 Å². The molecule has 0 aliphatic rings. The normalized spacial score (nSPS) is 11.8. The number of amides is 1. The van der Waals surface area contributed by atoms with Gasteiger partial charge >= 0.3 is 0 Å². The summed E-state index contributed by atoms with van der Waals surface area (Å²) in [6.07, 6.45) is 0. The lowest BCUT2D eigenvalue weighted by Crippen LogP contribution is -2.31. The Hall–Kier alpha value is -1.52. The lowest BCUT2D eigenvalue weighted by Gasteiger charge is -2.15. The van der Waals surface area contributed by atoms with Crippen LogP contribution in [0.25, 0.3) is 0 Å². The number of rotatable bonds is 5. The summed E-state index contributed by atoms with van der Waals surface area (Å²) in [6.45, 7) is 3.81. The fourth-order valence-corrected chi connectivity index (χ4v) is 2.42. The van der Waals surface area contributed by atoms with Gasteiger partial charge < -0.3 is 10.1 Å². The first-order valence-electron chi connectivity index (χ1n) is 6.89. The molecule has 0 aromatic heterocycles. The van der Waals surface area contributed by atoms with Gasteiger partial charge in [-0.3, -0.25) is 4.79 Å². The molecule has 3 nitrogen and oxygen atoms in total. The van der Waals surface area contributed by atoms with E-state index in [1.165, 1.54) is 0 Å². The lowest BCUT2D eigenvalue weighted by molar-refractivity contribution is -0.123. The number of halogens is 2. The van der Waals surface area contributed by atoms with Crippen molar-refractivity contribution in [3.63, 3.8) is 0 Å². The van der Waals surface area contributed by atoms with E-state index in [-0.39, 0.29) is 18.6 Å². The van der Waals surface area contributed by atoms with Crippen LogP contribution in [-0.4, -0.2) is 12.5 Å². The Labute approximate surface area is 143 Å². The SMILES string of the molecule is Cc1ccc(Cl)c(OCC(=O)NC(C)c2ccc(Br)cc2)c1. The summed E-state index contributed by atoms with van der Waals surface area (Å²) in [5.74, 6) is 0.334. The van der Waals surface area contributed by atoms with Crippen LogP contribution in [0.4, 0.5) is 0 Å². The minimum absolute atomic E-state index is 0.0654. The van der Waals surface area contributed by atoms with Crippen LogP contribution in [0.1, 0.15) is 24.1 Å². The number of carbonyl (C=O) groups is 1. The number of aryl methyl sites for hydroxylation is 1. The summed E-state index contributed by atoms with van der Waals surface area (Å²) in [5, 5.41) is 3.40. The van der Waals surface area contributed by atoms with E-state index < -0.39 is 0 Å². The van der Waals surface area contributed by atoms with Gasteiger partial charge in [0.25, 0.3) is 5.91 Å². The van der Waals surface area contributed by atoms with Gasteiger partial charge in [-0.2, -0.15) is 0 Å². The molecule has 0 aliphatic heterocycles. The van der Waals surface area contributed by atoms with Crippen LogP contribution in [0.15, 0.2) is 46.9 Å². The van der Waals surface area contributed by atoms with Crippen molar-refractivity contribution in [3.05, 3.63) is 63.1 Å². The lowest BCUT2D eigenvalue weighted by atomic mass is 10.1. The third-order valence-corrected chi connectivity index (χ3v) is 4.03. The minimum Gasteiger partial charge on any atom is -0.482 e. The number of hydrogen-bond acceptors (Lipinski definition) is 2. The molecule has 2 aromatic rings. The molecular formula is C17H17BrClNO2. The minimum atomic E-state index is -0.187. The van der Waals surface area contributed by atoms with Gasteiger partial charge in [-0.1, -0.05) is 45.7 Å². The summed E-state index contributed by atoms with van der Waals surface area (Å²) >= 11 is 9.42. The van der Waals surface area contributed by atoms with Crippen molar-refractivity contribution in [1.82, 2.24) is 5.32 Å². The van der Waals surface area contributed by atoms with E-state index >= 15 is 0 Å². The Balaban J connectivity index is 1.90. The van der Waals surface area contributed by atoms with Gasteiger partial charge in [0.05, 0.1) is 11.1 Å². The van der Waals surface area contributed by atoms with Crippen LogP contribution in [-0.2, 0) is 4.79 Å². The maximum absolute atomic E-state index is 12.0. The van der Waals surface area contributed by atoms with Gasteiger partial charge in [0.2, 0.25) is 0 Å². The molecule has 1 unspecified atom stereocenters. The maximum Gasteiger partial charge on any atom is 0.258 e. The molecule has 5 heteroatoms. The second-order valence-electron chi connectivity index (χ2n) is 5.06. The van der Waals surface area contributed by atoms with Crippen molar-refractivity contribution in [2.45, 2.75) is 19.9 Å². The van der Waals surface area contributed by atoms with E-state index in [0.717, 1.165) is 15.6 Å². The van der Waals surface area contributed by atoms with Gasteiger partial charge in [-0.25, -0.2) is 0 Å². The highest BCUT2D eigenvalue weighted by Gasteiger charge is 2.11. The predicted octanol–water partition coefficient (Wildman–Crippen LogP) is 4.67. The summed E-state index contributed by atoms with van der Waals surface area (Å²) < 4.78 is 6.49. The van der Waals surface area contributed by atoms with Crippen molar-refractivity contribution in [2.75, 3.05) is 6.61 Å². The molecule has 0 heterocycles. The van der Waals surface area contributed by atoms with Gasteiger partial charge in [0.1, 0.15) is 5.75 Å². The molecule has 2 rings (SSSR count). The standard InChI is InChI=1S/C17H17BrClNO2/c1-11-3-8-15(19)16(9-11)22-10-17(21)20-12(2)13-4-6-14(18)7-5-13/h3-9,12H,10H2,1-2H3,(H,20,21). The number of carbonyl (C=O) groups excluding carboxylic acids is 1.